The van der Waals surface area contributed by atoms with Gasteiger partial charge < -0.3 is 14.9 Å². The third-order valence-corrected chi connectivity index (χ3v) is 6.11. The summed E-state index contributed by atoms with van der Waals surface area (Å²) in [6.07, 6.45) is 3.34. The first-order valence-electron chi connectivity index (χ1n) is 7.77. The number of ether oxygens (including phenoxy) is 1. The molecule has 3 fully saturated rings. The Bertz CT molecular complexity index is 591. The maximum atomic E-state index is 10.2. The fourth-order valence-corrected chi connectivity index (χ4v) is 4.42. The van der Waals surface area contributed by atoms with Gasteiger partial charge in [-0.05, 0) is 37.3 Å². The quantitative estimate of drug-likeness (QED) is 0.828. The number of fused-ring (bicyclic) bond motifs is 1. The Morgan fingerprint density at radius 2 is 2.00 bits per heavy atom. The van der Waals surface area contributed by atoms with Crippen LogP contribution in [-0.2, 0) is 4.74 Å². The van der Waals surface area contributed by atoms with Crippen molar-refractivity contribution >= 4 is 23.2 Å². The number of benzene rings is 1. The van der Waals surface area contributed by atoms with Crippen LogP contribution in [0.1, 0.15) is 30.7 Å². The van der Waals surface area contributed by atoms with Gasteiger partial charge in [-0.1, -0.05) is 23.2 Å². The van der Waals surface area contributed by atoms with Gasteiger partial charge in [0.25, 0.3) is 0 Å². The highest BCUT2D eigenvalue weighted by atomic mass is 35.5. The number of phenolic OH excluding ortho intramolecular Hbond substituents is 1. The lowest BCUT2D eigenvalue weighted by molar-refractivity contribution is 0.0112. The molecule has 6 heteroatoms. The number of likely N-dealkylation sites (tertiary alicyclic amines) is 1. The summed E-state index contributed by atoms with van der Waals surface area (Å²) in [6.45, 7) is 1.08. The second-order valence-electron chi connectivity index (χ2n) is 6.66. The highest BCUT2D eigenvalue weighted by molar-refractivity contribution is 6.42. The van der Waals surface area contributed by atoms with E-state index in [1.165, 1.54) is 0 Å². The molecular weight excluding hydrogens is 325 g/mol. The Morgan fingerprint density at radius 3 is 2.73 bits per heavy atom. The molecule has 0 bridgehead atoms. The van der Waals surface area contributed by atoms with Crippen molar-refractivity contribution < 1.29 is 14.9 Å². The molecule has 4 rings (SSSR count). The Labute approximate surface area is 139 Å². The highest BCUT2D eigenvalue weighted by Crippen LogP contribution is 2.49. The minimum Gasteiger partial charge on any atom is -0.508 e. The molecule has 0 aromatic heterocycles. The lowest BCUT2D eigenvalue weighted by Crippen LogP contribution is -2.51. The molecule has 1 aliphatic carbocycles. The SMILES string of the molecule is OCC1CC(N2C[C@H](c3c(O)ccc(Cl)c3Cl)CC3OC32)C1. The third-order valence-electron chi connectivity index (χ3n) is 5.29. The summed E-state index contributed by atoms with van der Waals surface area (Å²) in [6, 6.07) is 3.70. The first-order chi connectivity index (χ1) is 10.6. The molecule has 1 aromatic rings. The summed E-state index contributed by atoms with van der Waals surface area (Å²) in [5, 5.41) is 20.3. The summed E-state index contributed by atoms with van der Waals surface area (Å²) >= 11 is 12.4. The van der Waals surface area contributed by atoms with Crippen LogP contribution < -0.4 is 0 Å². The molecule has 0 spiro atoms. The van der Waals surface area contributed by atoms with E-state index in [0.717, 1.165) is 31.4 Å². The highest BCUT2D eigenvalue weighted by Gasteiger charge is 2.53. The lowest BCUT2D eigenvalue weighted by Gasteiger charge is -2.44. The van der Waals surface area contributed by atoms with Crippen LogP contribution in [0.15, 0.2) is 12.1 Å². The van der Waals surface area contributed by atoms with E-state index < -0.39 is 0 Å². The summed E-state index contributed by atoms with van der Waals surface area (Å²) in [7, 11) is 0. The number of epoxide rings is 1. The van der Waals surface area contributed by atoms with Gasteiger partial charge in [0.15, 0.2) is 0 Å². The Kier molecular flexibility index (Phi) is 3.78. The average molecular weight is 344 g/mol. The molecule has 1 aromatic carbocycles. The van der Waals surface area contributed by atoms with Crippen molar-refractivity contribution in [2.45, 2.75) is 43.6 Å². The summed E-state index contributed by atoms with van der Waals surface area (Å²) in [5.74, 6) is 0.758. The minimum absolute atomic E-state index is 0.128. The number of aromatic hydroxyl groups is 1. The molecule has 0 radical (unpaired) electrons. The predicted molar refractivity (Wildman–Crippen MR) is 84.4 cm³/mol. The first-order valence-corrected chi connectivity index (χ1v) is 8.53. The van der Waals surface area contributed by atoms with Gasteiger partial charge in [-0.15, -0.1) is 0 Å². The fourth-order valence-electron chi connectivity index (χ4n) is 3.94. The molecule has 120 valence electrons. The number of aliphatic hydroxyl groups excluding tert-OH is 1. The van der Waals surface area contributed by atoms with Crippen molar-refractivity contribution in [3.63, 3.8) is 0 Å². The van der Waals surface area contributed by atoms with Gasteiger partial charge in [0.1, 0.15) is 18.1 Å². The zero-order valence-corrected chi connectivity index (χ0v) is 13.6. The molecule has 2 saturated heterocycles. The van der Waals surface area contributed by atoms with E-state index in [1.807, 2.05) is 0 Å². The van der Waals surface area contributed by atoms with Gasteiger partial charge in [-0.2, -0.15) is 0 Å². The van der Waals surface area contributed by atoms with E-state index in [4.69, 9.17) is 27.9 Å². The zero-order chi connectivity index (χ0) is 15.4. The monoisotopic (exact) mass is 343 g/mol. The fraction of sp³-hybridized carbons (Fsp3) is 0.625. The van der Waals surface area contributed by atoms with Gasteiger partial charge in [0.05, 0.1) is 10.0 Å². The maximum Gasteiger partial charge on any atom is 0.138 e. The number of hydrogen-bond acceptors (Lipinski definition) is 4. The number of nitrogens with zero attached hydrogens (tertiary/aromatic N) is 1. The number of halogens is 2. The molecule has 0 amide bonds. The van der Waals surface area contributed by atoms with Gasteiger partial charge in [0, 0.05) is 30.7 Å². The zero-order valence-electron chi connectivity index (χ0n) is 12.1. The van der Waals surface area contributed by atoms with Crippen molar-refractivity contribution in [2.24, 2.45) is 5.92 Å². The van der Waals surface area contributed by atoms with Gasteiger partial charge in [-0.3, -0.25) is 4.90 Å². The molecular formula is C16H19Cl2NO3. The Balaban J connectivity index is 1.55. The van der Waals surface area contributed by atoms with Crippen LogP contribution in [0.5, 0.6) is 5.75 Å². The van der Waals surface area contributed by atoms with Crippen molar-refractivity contribution in [3.8, 4) is 5.75 Å². The van der Waals surface area contributed by atoms with E-state index in [1.54, 1.807) is 12.1 Å². The van der Waals surface area contributed by atoms with Crippen LogP contribution in [0.25, 0.3) is 0 Å². The largest absolute Gasteiger partial charge is 0.508 e. The van der Waals surface area contributed by atoms with Crippen LogP contribution in [0, 0.1) is 5.92 Å². The number of piperidine rings is 1. The standard InChI is InChI=1S/C16H19Cl2NO3/c17-11-1-2-12(21)14(15(11)18)9-5-13-16(22-13)19(6-9)10-3-8(4-10)7-20/h1-2,8-10,13,16,20-21H,3-7H2/t8?,9-,10?,13?,16?/m1/s1. The molecule has 4 nitrogen and oxygen atoms in total. The van der Waals surface area contributed by atoms with E-state index in [2.05, 4.69) is 4.90 Å². The summed E-state index contributed by atoms with van der Waals surface area (Å²) in [5.41, 5.74) is 0.742. The number of rotatable bonds is 3. The summed E-state index contributed by atoms with van der Waals surface area (Å²) < 4.78 is 5.78. The molecule has 3 atom stereocenters. The second kappa shape index (κ2) is 5.53. The molecule has 1 saturated carbocycles. The van der Waals surface area contributed by atoms with Gasteiger partial charge >= 0.3 is 0 Å². The smallest absolute Gasteiger partial charge is 0.138 e. The van der Waals surface area contributed by atoms with Crippen molar-refractivity contribution in [3.05, 3.63) is 27.7 Å². The van der Waals surface area contributed by atoms with E-state index in [-0.39, 0.29) is 30.6 Å². The van der Waals surface area contributed by atoms with Crippen LogP contribution in [0.3, 0.4) is 0 Å². The van der Waals surface area contributed by atoms with Crippen molar-refractivity contribution in [1.29, 1.82) is 0 Å². The lowest BCUT2D eigenvalue weighted by atomic mass is 9.78. The van der Waals surface area contributed by atoms with Crippen LogP contribution in [-0.4, -0.2) is 46.6 Å². The molecule has 2 heterocycles. The topological polar surface area (TPSA) is 56.2 Å². The second-order valence-corrected chi connectivity index (χ2v) is 7.45. The van der Waals surface area contributed by atoms with E-state index in [0.29, 0.717) is 22.0 Å². The Morgan fingerprint density at radius 1 is 1.23 bits per heavy atom. The molecule has 2 N–H and O–H groups in total. The average Bonchev–Trinajstić information content (AvgIpc) is 3.22. The summed E-state index contributed by atoms with van der Waals surface area (Å²) in [4.78, 5) is 2.38. The van der Waals surface area contributed by atoms with Crippen molar-refractivity contribution in [2.75, 3.05) is 13.2 Å². The molecule has 22 heavy (non-hydrogen) atoms. The molecule has 2 unspecified atom stereocenters. The number of hydrogen-bond donors (Lipinski definition) is 2. The number of phenols is 1. The van der Waals surface area contributed by atoms with Crippen LogP contribution in [0.2, 0.25) is 10.0 Å². The first kappa shape index (κ1) is 15.0. The van der Waals surface area contributed by atoms with Crippen molar-refractivity contribution in [1.82, 2.24) is 4.90 Å². The maximum absolute atomic E-state index is 10.2. The van der Waals surface area contributed by atoms with Crippen LogP contribution >= 0.6 is 23.2 Å². The van der Waals surface area contributed by atoms with Gasteiger partial charge in [-0.25, -0.2) is 0 Å². The molecule has 3 aliphatic rings. The predicted octanol–water partition coefficient (Wildman–Crippen LogP) is 2.98. The van der Waals surface area contributed by atoms with Crippen LogP contribution in [0.4, 0.5) is 0 Å². The van der Waals surface area contributed by atoms with Gasteiger partial charge in [0.2, 0.25) is 0 Å². The molecule has 2 aliphatic heterocycles. The normalized spacial score (nSPS) is 37.5. The van der Waals surface area contributed by atoms with E-state index >= 15 is 0 Å². The number of aliphatic hydroxyl groups is 1. The minimum atomic E-state index is 0.128. The van der Waals surface area contributed by atoms with E-state index in [9.17, 15) is 10.2 Å². The third kappa shape index (κ3) is 2.42. The Hall–Kier alpha value is -0.520.